The van der Waals surface area contributed by atoms with E-state index in [4.69, 9.17) is 5.73 Å². The Morgan fingerprint density at radius 2 is 2.04 bits per heavy atom. The van der Waals surface area contributed by atoms with E-state index in [9.17, 15) is 4.79 Å². The summed E-state index contributed by atoms with van der Waals surface area (Å²) >= 11 is 0. The Balaban J connectivity index is 0.000000932. The molecule has 28 heavy (non-hydrogen) atoms. The fraction of sp³-hybridized carbons (Fsp3) is 0.364. The predicted octanol–water partition coefficient (Wildman–Crippen LogP) is 4.35. The van der Waals surface area contributed by atoms with E-state index in [0.29, 0.717) is 17.1 Å². The maximum absolute atomic E-state index is 12.4. The van der Waals surface area contributed by atoms with Gasteiger partial charge in [-0.3, -0.25) is 9.78 Å². The second-order valence-electron chi connectivity index (χ2n) is 7.48. The Morgan fingerprint density at radius 3 is 2.71 bits per heavy atom. The van der Waals surface area contributed by atoms with Crippen LogP contribution in [0.15, 0.2) is 36.8 Å². The number of amides is 1. The topological polar surface area (TPSA) is 93.8 Å². The molecule has 2 aliphatic carbocycles. The summed E-state index contributed by atoms with van der Waals surface area (Å²) in [6, 6.07) is 5.77. The number of aryl methyl sites for hydroxylation is 1. The summed E-state index contributed by atoms with van der Waals surface area (Å²) < 4.78 is 0. The molecule has 3 N–H and O–H groups in total. The van der Waals surface area contributed by atoms with Gasteiger partial charge in [0.05, 0.1) is 5.69 Å². The molecular weight excluding hydrogens is 350 g/mol. The zero-order valence-corrected chi connectivity index (χ0v) is 16.5. The maximum Gasteiger partial charge on any atom is 0.229 e. The molecule has 1 spiro atoms. The minimum atomic E-state index is 0.0831. The Bertz CT molecular complexity index is 1060. The average molecular weight is 375 g/mol. The molecular formula is C22H25N5O. The van der Waals surface area contributed by atoms with Crippen molar-refractivity contribution in [3.8, 4) is 11.3 Å². The van der Waals surface area contributed by atoms with Crippen LogP contribution in [0.3, 0.4) is 0 Å². The van der Waals surface area contributed by atoms with Crippen molar-refractivity contribution in [2.75, 3.05) is 11.1 Å². The van der Waals surface area contributed by atoms with Gasteiger partial charge < -0.3 is 11.1 Å². The first kappa shape index (κ1) is 18.3. The molecule has 3 heterocycles. The zero-order valence-electron chi connectivity index (χ0n) is 16.5. The molecule has 2 aliphatic rings. The van der Waals surface area contributed by atoms with Gasteiger partial charge in [0.15, 0.2) is 0 Å². The summed E-state index contributed by atoms with van der Waals surface area (Å²) in [5.41, 5.74) is 9.26. The monoisotopic (exact) mass is 375 g/mol. The summed E-state index contributed by atoms with van der Waals surface area (Å²) in [5, 5.41) is 4.64. The summed E-state index contributed by atoms with van der Waals surface area (Å²) in [5.74, 6) is 1.23. The van der Waals surface area contributed by atoms with E-state index >= 15 is 0 Å². The lowest BCUT2D eigenvalue weighted by molar-refractivity contribution is -0.117. The van der Waals surface area contributed by atoms with E-state index in [2.05, 4.69) is 20.3 Å². The minimum Gasteiger partial charge on any atom is -0.383 e. The Kier molecular flexibility index (Phi) is 4.49. The average Bonchev–Trinajstić information content (AvgIpc) is 3.62. The molecule has 144 valence electrons. The molecule has 0 bridgehead atoms. The third-order valence-electron chi connectivity index (χ3n) is 5.71. The molecule has 0 aromatic carbocycles. The number of nitrogens with two attached hydrogens (primary N) is 1. The summed E-state index contributed by atoms with van der Waals surface area (Å²) in [6.45, 7) is 6.01. The van der Waals surface area contributed by atoms with Gasteiger partial charge in [0, 0.05) is 35.5 Å². The highest BCUT2D eigenvalue weighted by Crippen LogP contribution is 2.70. The van der Waals surface area contributed by atoms with Gasteiger partial charge in [-0.1, -0.05) is 13.8 Å². The summed E-state index contributed by atoms with van der Waals surface area (Å²) in [7, 11) is 0. The molecule has 1 amide bonds. The lowest BCUT2D eigenvalue weighted by Crippen LogP contribution is -2.15. The van der Waals surface area contributed by atoms with Gasteiger partial charge in [-0.15, -0.1) is 0 Å². The Labute approximate surface area is 164 Å². The van der Waals surface area contributed by atoms with Crippen LogP contribution in [0.25, 0.3) is 22.0 Å². The first-order valence-electron chi connectivity index (χ1n) is 9.84. The molecule has 3 aromatic rings. The SMILES string of the molecule is CC.Cc1ccncc1-c1cc2cc(NC(=O)C3CC34CC4)ncc2c(N)n1. The molecule has 3 aromatic heterocycles. The lowest BCUT2D eigenvalue weighted by Gasteiger charge is -2.10. The van der Waals surface area contributed by atoms with Crippen molar-refractivity contribution in [1.29, 1.82) is 0 Å². The number of aromatic nitrogens is 3. The van der Waals surface area contributed by atoms with Gasteiger partial charge in [-0.25, -0.2) is 9.97 Å². The number of pyridine rings is 3. The number of nitrogen functional groups attached to an aromatic ring is 1. The first-order chi connectivity index (χ1) is 13.6. The van der Waals surface area contributed by atoms with Crippen LogP contribution < -0.4 is 11.1 Å². The molecule has 6 heteroatoms. The van der Waals surface area contributed by atoms with Crippen LogP contribution in [-0.2, 0) is 4.79 Å². The molecule has 2 fully saturated rings. The quantitative estimate of drug-likeness (QED) is 0.710. The van der Waals surface area contributed by atoms with Gasteiger partial charge in [0.1, 0.15) is 11.6 Å². The molecule has 0 aliphatic heterocycles. The fourth-order valence-corrected chi connectivity index (χ4v) is 3.76. The predicted molar refractivity (Wildman–Crippen MR) is 112 cm³/mol. The van der Waals surface area contributed by atoms with E-state index < -0.39 is 0 Å². The minimum absolute atomic E-state index is 0.0831. The maximum atomic E-state index is 12.4. The highest BCUT2D eigenvalue weighted by atomic mass is 16.2. The number of nitrogens with zero attached hydrogens (tertiary/aromatic N) is 3. The van der Waals surface area contributed by atoms with E-state index in [-0.39, 0.29) is 11.8 Å². The lowest BCUT2D eigenvalue weighted by atomic mass is 10.1. The molecule has 1 atom stereocenters. The van der Waals surface area contributed by atoms with Crippen LogP contribution in [0.2, 0.25) is 0 Å². The van der Waals surface area contributed by atoms with Gasteiger partial charge in [-0.2, -0.15) is 0 Å². The van der Waals surface area contributed by atoms with Crippen LogP contribution in [0.4, 0.5) is 11.6 Å². The van der Waals surface area contributed by atoms with E-state index in [1.807, 2.05) is 39.0 Å². The number of nitrogens with one attached hydrogen (secondary N) is 1. The van der Waals surface area contributed by atoms with Crippen molar-refractivity contribution in [3.05, 3.63) is 42.4 Å². The molecule has 2 saturated carbocycles. The second kappa shape index (κ2) is 6.86. The standard InChI is InChI=1S/C20H19N5O.C2H6/c1-11-2-5-22-9-13(11)16-6-12-7-17(23-10-14(12)18(21)24-16)25-19(26)15-8-20(15)3-4-20;1-2/h2,5-7,9-10,15H,3-4,8H2,1H3,(H2,21,24)(H,23,25,26);1-2H3. The van der Waals surface area contributed by atoms with Crippen LogP contribution in [0.5, 0.6) is 0 Å². The van der Waals surface area contributed by atoms with Gasteiger partial charge in [-0.05, 0) is 60.7 Å². The number of fused-ring (bicyclic) bond motifs is 1. The number of carbonyl (C=O) groups excluding carboxylic acids is 1. The van der Waals surface area contributed by atoms with Gasteiger partial charge in [0.25, 0.3) is 0 Å². The number of hydrogen-bond donors (Lipinski definition) is 2. The normalized spacial score (nSPS) is 18.3. The highest BCUT2D eigenvalue weighted by Gasteiger charge is 2.65. The Morgan fingerprint density at radius 1 is 1.25 bits per heavy atom. The first-order valence-corrected chi connectivity index (χ1v) is 9.84. The molecule has 1 unspecified atom stereocenters. The number of rotatable bonds is 3. The van der Waals surface area contributed by atoms with E-state index in [1.54, 1.807) is 18.6 Å². The van der Waals surface area contributed by atoms with Crippen molar-refractivity contribution in [2.45, 2.75) is 40.0 Å². The highest BCUT2D eigenvalue weighted by molar-refractivity contribution is 5.99. The molecule has 6 nitrogen and oxygen atoms in total. The van der Waals surface area contributed by atoms with Gasteiger partial charge in [0.2, 0.25) is 5.91 Å². The molecule has 5 rings (SSSR count). The third-order valence-corrected chi connectivity index (χ3v) is 5.71. The van der Waals surface area contributed by atoms with Crippen molar-refractivity contribution in [3.63, 3.8) is 0 Å². The summed E-state index contributed by atoms with van der Waals surface area (Å²) in [6.07, 6.45) is 8.61. The Hall–Kier alpha value is -3.02. The molecule has 0 saturated heterocycles. The number of anilines is 2. The van der Waals surface area contributed by atoms with Crippen molar-refractivity contribution >= 4 is 28.3 Å². The third kappa shape index (κ3) is 3.19. The second-order valence-corrected chi connectivity index (χ2v) is 7.48. The van der Waals surface area contributed by atoms with Gasteiger partial charge >= 0.3 is 0 Å². The van der Waals surface area contributed by atoms with Crippen LogP contribution in [0.1, 0.15) is 38.7 Å². The van der Waals surface area contributed by atoms with Crippen LogP contribution in [0, 0.1) is 18.3 Å². The van der Waals surface area contributed by atoms with Crippen molar-refractivity contribution < 1.29 is 4.79 Å². The van der Waals surface area contributed by atoms with Crippen molar-refractivity contribution in [2.24, 2.45) is 11.3 Å². The van der Waals surface area contributed by atoms with Crippen molar-refractivity contribution in [1.82, 2.24) is 15.0 Å². The summed E-state index contributed by atoms with van der Waals surface area (Å²) in [4.78, 5) is 25.4. The van der Waals surface area contributed by atoms with Crippen LogP contribution in [-0.4, -0.2) is 20.9 Å². The fourth-order valence-electron chi connectivity index (χ4n) is 3.76. The van der Waals surface area contributed by atoms with E-state index in [0.717, 1.165) is 34.0 Å². The molecule has 0 radical (unpaired) electrons. The van der Waals surface area contributed by atoms with Crippen LogP contribution >= 0.6 is 0 Å². The number of hydrogen-bond acceptors (Lipinski definition) is 5. The number of carbonyl (C=O) groups is 1. The smallest absolute Gasteiger partial charge is 0.229 e. The zero-order chi connectivity index (χ0) is 19.9. The largest absolute Gasteiger partial charge is 0.383 e. The van der Waals surface area contributed by atoms with E-state index in [1.165, 1.54) is 12.8 Å².